The topological polar surface area (TPSA) is 72.5 Å². The van der Waals surface area contributed by atoms with Crippen molar-refractivity contribution in [2.75, 3.05) is 7.11 Å². The van der Waals surface area contributed by atoms with Crippen LogP contribution >= 0.6 is 24.0 Å². The summed E-state index contributed by atoms with van der Waals surface area (Å²) in [5.41, 5.74) is 5.70. The van der Waals surface area contributed by atoms with E-state index in [1.807, 2.05) is 0 Å². The van der Waals surface area contributed by atoms with Gasteiger partial charge in [0, 0.05) is 11.6 Å². The molecule has 3 N–H and O–H groups in total. The molecule has 0 fully saturated rings. The van der Waals surface area contributed by atoms with E-state index in [0.717, 1.165) is 12.1 Å². The number of nitrogens with two attached hydrogens (primary N) is 1. The smallest absolute Gasteiger partial charge is 0.307 e. The van der Waals surface area contributed by atoms with Crippen LogP contribution in [0, 0.1) is 5.82 Å². The van der Waals surface area contributed by atoms with E-state index in [-0.39, 0.29) is 35.2 Å². The second kappa shape index (κ2) is 6.64. The third kappa shape index (κ3) is 4.03. The van der Waals surface area contributed by atoms with Crippen LogP contribution in [0.3, 0.4) is 0 Å². The summed E-state index contributed by atoms with van der Waals surface area (Å²) in [6.45, 7) is 0. The van der Waals surface area contributed by atoms with Gasteiger partial charge in [0.25, 0.3) is 0 Å². The van der Waals surface area contributed by atoms with Crippen LogP contribution in [-0.2, 0) is 9.53 Å². The molecule has 7 heteroatoms. The standard InChI is InChI=1S/C10H11ClFNO3.ClH/c1-16-9(14)4-8(13)6-2-5(12)3-7(11)10(6)15;/h2-3,8,15H,4,13H2,1H3;1H/t8-;/m1./s1. The van der Waals surface area contributed by atoms with Crippen LogP contribution in [0.5, 0.6) is 5.75 Å². The fourth-order valence-electron chi connectivity index (χ4n) is 1.24. The Balaban J connectivity index is 0.00000256. The van der Waals surface area contributed by atoms with Crippen molar-refractivity contribution < 1.29 is 19.0 Å². The summed E-state index contributed by atoms with van der Waals surface area (Å²) in [7, 11) is 1.22. The van der Waals surface area contributed by atoms with Gasteiger partial charge in [-0.2, -0.15) is 0 Å². The molecule has 1 rings (SSSR count). The molecule has 17 heavy (non-hydrogen) atoms. The van der Waals surface area contributed by atoms with Crippen molar-refractivity contribution >= 4 is 30.0 Å². The van der Waals surface area contributed by atoms with Crippen molar-refractivity contribution in [3.63, 3.8) is 0 Å². The number of rotatable bonds is 3. The van der Waals surface area contributed by atoms with Gasteiger partial charge in [-0.3, -0.25) is 4.79 Å². The number of benzene rings is 1. The molecule has 0 unspecified atom stereocenters. The van der Waals surface area contributed by atoms with E-state index < -0.39 is 17.8 Å². The largest absolute Gasteiger partial charge is 0.506 e. The normalized spacial score (nSPS) is 11.5. The molecular weight excluding hydrogens is 272 g/mol. The Morgan fingerprint density at radius 3 is 2.76 bits per heavy atom. The van der Waals surface area contributed by atoms with Crippen LogP contribution in [0.4, 0.5) is 4.39 Å². The molecule has 0 aliphatic carbocycles. The van der Waals surface area contributed by atoms with E-state index in [9.17, 15) is 14.3 Å². The Kier molecular flexibility index (Phi) is 6.23. The molecule has 0 saturated heterocycles. The van der Waals surface area contributed by atoms with Crippen LogP contribution in [0.15, 0.2) is 12.1 Å². The Bertz CT molecular complexity index is 415. The number of halogens is 3. The van der Waals surface area contributed by atoms with Crippen LogP contribution in [0.25, 0.3) is 0 Å². The van der Waals surface area contributed by atoms with Crippen LogP contribution in [-0.4, -0.2) is 18.2 Å². The van der Waals surface area contributed by atoms with Gasteiger partial charge >= 0.3 is 5.97 Å². The van der Waals surface area contributed by atoms with Gasteiger partial charge in [0.05, 0.1) is 18.6 Å². The lowest BCUT2D eigenvalue weighted by Gasteiger charge is -2.13. The van der Waals surface area contributed by atoms with E-state index in [4.69, 9.17) is 17.3 Å². The number of hydrogen-bond donors (Lipinski definition) is 2. The number of carbonyl (C=O) groups excluding carboxylic acids is 1. The van der Waals surface area contributed by atoms with E-state index in [1.54, 1.807) is 0 Å². The first kappa shape index (κ1) is 16.0. The van der Waals surface area contributed by atoms with Gasteiger partial charge in [-0.25, -0.2) is 4.39 Å². The summed E-state index contributed by atoms with van der Waals surface area (Å²) in [6, 6.07) is 1.14. The predicted octanol–water partition coefficient (Wildman–Crippen LogP) is 2.17. The number of methoxy groups -OCH3 is 1. The zero-order chi connectivity index (χ0) is 12.3. The maximum Gasteiger partial charge on any atom is 0.307 e. The first-order valence-corrected chi connectivity index (χ1v) is 4.83. The van der Waals surface area contributed by atoms with E-state index in [2.05, 4.69) is 4.74 Å². The maximum atomic E-state index is 13.0. The molecule has 0 bridgehead atoms. The van der Waals surface area contributed by atoms with E-state index in [0.29, 0.717) is 0 Å². The second-order valence-corrected chi connectivity index (χ2v) is 3.62. The molecule has 0 radical (unpaired) electrons. The molecular formula is C10H12Cl2FNO3. The molecule has 0 amide bonds. The van der Waals surface area contributed by atoms with Gasteiger partial charge in [0.1, 0.15) is 11.6 Å². The molecule has 0 aromatic heterocycles. The lowest BCUT2D eigenvalue weighted by atomic mass is 10.0. The Morgan fingerprint density at radius 1 is 1.65 bits per heavy atom. The zero-order valence-corrected chi connectivity index (χ0v) is 10.5. The summed E-state index contributed by atoms with van der Waals surface area (Å²) in [5, 5.41) is 9.40. The SMILES string of the molecule is COC(=O)C[C@@H](N)c1cc(F)cc(Cl)c1O.Cl. The molecule has 0 heterocycles. The van der Waals surface area contributed by atoms with E-state index >= 15 is 0 Å². The van der Waals surface area contributed by atoms with Gasteiger partial charge in [-0.1, -0.05) is 11.6 Å². The predicted molar refractivity (Wildman–Crippen MR) is 63.9 cm³/mol. The van der Waals surface area contributed by atoms with Crippen LogP contribution in [0.1, 0.15) is 18.0 Å². The fourth-order valence-corrected chi connectivity index (χ4v) is 1.45. The zero-order valence-electron chi connectivity index (χ0n) is 8.94. The molecule has 1 atom stereocenters. The lowest BCUT2D eigenvalue weighted by molar-refractivity contribution is -0.141. The first-order chi connectivity index (χ1) is 7.45. The molecule has 1 aromatic rings. The minimum atomic E-state index is -0.861. The molecule has 1 aromatic carbocycles. The van der Waals surface area contributed by atoms with Crippen molar-refractivity contribution in [2.24, 2.45) is 5.73 Å². The third-order valence-corrected chi connectivity index (χ3v) is 2.36. The third-order valence-electron chi connectivity index (χ3n) is 2.07. The minimum absolute atomic E-state index is 0. The molecule has 0 saturated carbocycles. The fraction of sp³-hybridized carbons (Fsp3) is 0.300. The number of hydrogen-bond acceptors (Lipinski definition) is 4. The summed E-state index contributed by atoms with van der Waals surface area (Å²) in [4.78, 5) is 11.0. The highest BCUT2D eigenvalue weighted by Crippen LogP contribution is 2.33. The van der Waals surface area contributed by atoms with Crippen molar-refractivity contribution in [2.45, 2.75) is 12.5 Å². The quantitative estimate of drug-likeness (QED) is 0.834. The van der Waals surface area contributed by atoms with E-state index in [1.165, 1.54) is 7.11 Å². The molecule has 4 nitrogen and oxygen atoms in total. The monoisotopic (exact) mass is 283 g/mol. The van der Waals surface area contributed by atoms with Crippen molar-refractivity contribution in [1.29, 1.82) is 0 Å². The number of esters is 1. The maximum absolute atomic E-state index is 13.0. The average molecular weight is 284 g/mol. The van der Waals surface area contributed by atoms with Crippen LogP contribution < -0.4 is 5.73 Å². The minimum Gasteiger partial charge on any atom is -0.506 e. The van der Waals surface area contributed by atoms with Gasteiger partial charge in [-0.15, -0.1) is 12.4 Å². The summed E-state index contributed by atoms with van der Waals surface area (Å²) in [6.07, 6.45) is -0.163. The Hall–Kier alpha value is -1.04. The van der Waals surface area contributed by atoms with Gasteiger partial charge in [-0.05, 0) is 12.1 Å². The van der Waals surface area contributed by atoms with Crippen molar-refractivity contribution in [3.05, 3.63) is 28.5 Å². The molecule has 0 aliphatic rings. The first-order valence-electron chi connectivity index (χ1n) is 4.46. The lowest BCUT2D eigenvalue weighted by Crippen LogP contribution is -2.16. The van der Waals surface area contributed by atoms with Crippen molar-refractivity contribution in [3.8, 4) is 5.75 Å². The Morgan fingerprint density at radius 2 is 2.24 bits per heavy atom. The molecule has 96 valence electrons. The number of ether oxygens (including phenoxy) is 1. The van der Waals surface area contributed by atoms with Gasteiger partial charge in [0.2, 0.25) is 0 Å². The average Bonchev–Trinajstić information content (AvgIpc) is 2.22. The number of carbonyl (C=O) groups is 1. The highest BCUT2D eigenvalue weighted by Gasteiger charge is 2.18. The second-order valence-electron chi connectivity index (χ2n) is 3.21. The summed E-state index contributed by atoms with van der Waals surface area (Å²) in [5.74, 6) is -1.50. The number of aromatic hydroxyl groups is 1. The number of phenols is 1. The van der Waals surface area contributed by atoms with Crippen molar-refractivity contribution in [1.82, 2.24) is 0 Å². The highest BCUT2D eigenvalue weighted by molar-refractivity contribution is 6.32. The number of phenolic OH excluding ortho intramolecular Hbond substituents is 1. The highest BCUT2D eigenvalue weighted by atomic mass is 35.5. The van der Waals surface area contributed by atoms with Gasteiger partial charge < -0.3 is 15.6 Å². The Labute approximate surface area is 109 Å². The van der Waals surface area contributed by atoms with Crippen LogP contribution in [0.2, 0.25) is 5.02 Å². The van der Waals surface area contributed by atoms with Gasteiger partial charge in [0.15, 0.2) is 0 Å². The molecule has 0 spiro atoms. The summed E-state index contributed by atoms with van der Waals surface area (Å²) < 4.78 is 17.4. The summed E-state index contributed by atoms with van der Waals surface area (Å²) >= 11 is 5.57. The molecule has 0 aliphatic heterocycles.